The average Bonchev–Trinajstić information content (AvgIpc) is 3.24. The van der Waals surface area contributed by atoms with Gasteiger partial charge in [-0.05, 0) is 91.9 Å². The van der Waals surface area contributed by atoms with Gasteiger partial charge < -0.3 is 15.3 Å². The summed E-state index contributed by atoms with van der Waals surface area (Å²) in [6.07, 6.45) is 1.00. The number of rotatable bonds is 9. The molecule has 43 heavy (non-hydrogen) atoms. The van der Waals surface area contributed by atoms with Crippen molar-refractivity contribution in [1.82, 2.24) is 9.80 Å². The quantitative estimate of drug-likeness (QED) is 0.355. The molecule has 0 bridgehead atoms. The van der Waals surface area contributed by atoms with E-state index in [-0.39, 0.29) is 24.3 Å². The molecule has 3 aromatic rings. The van der Waals surface area contributed by atoms with Crippen LogP contribution >= 0.6 is 0 Å². The Kier molecular flexibility index (Phi) is 9.03. The normalized spacial score (nSPS) is 18.2. The van der Waals surface area contributed by atoms with Gasteiger partial charge in [0.05, 0.1) is 12.6 Å². The van der Waals surface area contributed by atoms with Crippen LogP contribution in [0.4, 0.5) is 14.5 Å². The molecule has 0 spiro atoms. The standard InChI is InChI=1S/C34H38F2N4O3/c1-22(2)32(42)37-30-6-4-5-25(19-30)24-15-17-39(18-16-24)20-31(41)21-40-23(3)38-34(33(40)43,26-7-11-28(35)12-8-26)27-9-13-29(36)14-10-27/h4-14,19,22,24,31,41H,15-18,20-21H2,1-3H3,(H,37,42)/t31-/m0/s1. The van der Waals surface area contributed by atoms with Gasteiger partial charge in [-0.15, -0.1) is 0 Å². The Morgan fingerprint density at radius 3 is 2.12 bits per heavy atom. The zero-order valence-corrected chi connectivity index (χ0v) is 24.8. The first-order chi connectivity index (χ1) is 20.6. The van der Waals surface area contributed by atoms with E-state index >= 15 is 0 Å². The van der Waals surface area contributed by atoms with E-state index in [1.165, 1.54) is 59.0 Å². The van der Waals surface area contributed by atoms with Crippen molar-refractivity contribution in [2.45, 2.75) is 51.2 Å². The smallest absolute Gasteiger partial charge is 0.265 e. The molecular formula is C34H38F2N4O3. The third-order valence-corrected chi connectivity index (χ3v) is 8.40. The summed E-state index contributed by atoms with van der Waals surface area (Å²) in [4.78, 5) is 34.6. The van der Waals surface area contributed by atoms with Crippen LogP contribution in [0.2, 0.25) is 0 Å². The summed E-state index contributed by atoms with van der Waals surface area (Å²) in [6, 6.07) is 19.2. The Morgan fingerprint density at radius 1 is 0.977 bits per heavy atom. The molecule has 0 aromatic heterocycles. The zero-order chi connectivity index (χ0) is 30.7. The Balaban J connectivity index is 1.23. The van der Waals surface area contributed by atoms with Crippen molar-refractivity contribution in [2.24, 2.45) is 10.9 Å². The molecule has 1 fully saturated rings. The molecule has 7 nitrogen and oxygen atoms in total. The SMILES string of the molecule is CC1=NC(c2ccc(F)cc2)(c2ccc(F)cc2)C(=O)N1C[C@@H](O)CN1CCC(c2cccc(NC(=O)C(C)C)c2)CC1. The number of benzene rings is 3. The summed E-state index contributed by atoms with van der Waals surface area (Å²) in [5, 5.41) is 14.1. The molecule has 2 amide bonds. The summed E-state index contributed by atoms with van der Waals surface area (Å²) >= 11 is 0. The largest absolute Gasteiger partial charge is 0.390 e. The number of carbonyl (C=O) groups excluding carboxylic acids is 2. The molecule has 3 aromatic carbocycles. The van der Waals surface area contributed by atoms with Gasteiger partial charge in [0.2, 0.25) is 5.91 Å². The topological polar surface area (TPSA) is 85.2 Å². The highest BCUT2D eigenvalue weighted by Crippen LogP contribution is 2.40. The van der Waals surface area contributed by atoms with Gasteiger partial charge in [0.25, 0.3) is 5.91 Å². The van der Waals surface area contributed by atoms with Crippen LogP contribution in [0.5, 0.6) is 0 Å². The van der Waals surface area contributed by atoms with Crippen LogP contribution in [0.3, 0.4) is 0 Å². The predicted molar refractivity (Wildman–Crippen MR) is 163 cm³/mol. The number of aliphatic imine (C=N–C) groups is 1. The number of amidine groups is 1. The molecule has 2 aliphatic heterocycles. The van der Waals surface area contributed by atoms with Gasteiger partial charge in [-0.3, -0.25) is 14.5 Å². The Hall–Kier alpha value is -3.95. The van der Waals surface area contributed by atoms with Gasteiger partial charge >= 0.3 is 0 Å². The second-order valence-corrected chi connectivity index (χ2v) is 11.8. The third-order valence-electron chi connectivity index (χ3n) is 8.40. The van der Waals surface area contributed by atoms with Gasteiger partial charge in [0.15, 0.2) is 5.54 Å². The highest BCUT2D eigenvalue weighted by molar-refractivity contribution is 6.09. The minimum atomic E-state index is -1.49. The summed E-state index contributed by atoms with van der Waals surface area (Å²) < 4.78 is 27.6. The van der Waals surface area contributed by atoms with Crippen LogP contribution in [0.15, 0.2) is 77.8 Å². The summed E-state index contributed by atoms with van der Waals surface area (Å²) in [5.41, 5.74) is 1.44. The fourth-order valence-corrected chi connectivity index (χ4v) is 6.01. The van der Waals surface area contributed by atoms with Crippen LogP contribution in [-0.2, 0) is 15.1 Å². The van der Waals surface area contributed by atoms with Gasteiger partial charge in [0.1, 0.15) is 17.5 Å². The second kappa shape index (κ2) is 12.7. The zero-order valence-electron chi connectivity index (χ0n) is 24.8. The fraction of sp³-hybridized carbons (Fsp3) is 0.382. The van der Waals surface area contributed by atoms with Crippen molar-refractivity contribution in [3.05, 3.63) is 101 Å². The lowest BCUT2D eigenvalue weighted by atomic mass is 9.82. The minimum absolute atomic E-state index is 0.00899. The van der Waals surface area contributed by atoms with Crippen LogP contribution in [0.1, 0.15) is 56.2 Å². The molecule has 0 unspecified atom stereocenters. The summed E-state index contributed by atoms with van der Waals surface area (Å²) in [6.45, 7) is 7.47. The first-order valence-electron chi connectivity index (χ1n) is 14.8. The predicted octanol–water partition coefficient (Wildman–Crippen LogP) is 5.30. The number of β-amino-alcohol motifs (C(OH)–C–C–N with tert-alkyl or cyclic N) is 1. The number of hydrogen-bond acceptors (Lipinski definition) is 5. The maximum Gasteiger partial charge on any atom is 0.265 e. The molecule has 226 valence electrons. The van der Waals surface area contributed by atoms with Crippen LogP contribution < -0.4 is 5.32 Å². The van der Waals surface area contributed by atoms with Crippen molar-refractivity contribution in [2.75, 3.05) is 31.5 Å². The van der Waals surface area contributed by atoms with Gasteiger partial charge in [0, 0.05) is 18.2 Å². The summed E-state index contributed by atoms with van der Waals surface area (Å²) in [5.74, 6) is -0.564. The number of halogens is 2. The molecule has 0 aliphatic carbocycles. The number of piperidine rings is 1. The number of nitrogens with zero attached hydrogens (tertiary/aromatic N) is 3. The van der Waals surface area contributed by atoms with Gasteiger partial charge in [-0.25, -0.2) is 13.8 Å². The van der Waals surface area contributed by atoms with E-state index in [4.69, 9.17) is 4.99 Å². The Bertz CT molecular complexity index is 1440. The molecule has 1 atom stereocenters. The molecule has 9 heteroatoms. The van der Waals surface area contributed by atoms with Crippen molar-refractivity contribution in [3.8, 4) is 0 Å². The van der Waals surface area contributed by atoms with E-state index in [1.807, 2.05) is 32.0 Å². The first kappa shape index (κ1) is 30.5. The van der Waals surface area contributed by atoms with Crippen molar-refractivity contribution < 1.29 is 23.5 Å². The maximum absolute atomic E-state index is 14.0. The Labute approximate surface area is 251 Å². The van der Waals surface area contributed by atoms with E-state index in [2.05, 4.69) is 16.3 Å². The maximum atomic E-state index is 14.0. The van der Waals surface area contributed by atoms with E-state index in [9.17, 15) is 23.5 Å². The van der Waals surface area contributed by atoms with Gasteiger partial charge in [-0.1, -0.05) is 50.2 Å². The second-order valence-electron chi connectivity index (χ2n) is 11.8. The molecular weight excluding hydrogens is 550 g/mol. The van der Waals surface area contributed by atoms with Crippen molar-refractivity contribution >= 4 is 23.3 Å². The molecule has 5 rings (SSSR count). The molecule has 1 saturated heterocycles. The molecule has 2 aliphatic rings. The lowest BCUT2D eigenvalue weighted by molar-refractivity contribution is -0.131. The summed E-state index contributed by atoms with van der Waals surface area (Å²) in [7, 11) is 0. The number of amides is 2. The van der Waals surface area contributed by atoms with Crippen molar-refractivity contribution in [1.29, 1.82) is 0 Å². The molecule has 2 N–H and O–H groups in total. The van der Waals surface area contributed by atoms with Crippen LogP contribution in [0, 0.1) is 17.6 Å². The number of aliphatic hydroxyl groups is 1. The highest BCUT2D eigenvalue weighted by atomic mass is 19.1. The Morgan fingerprint density at radius 2 is 1.56 bits per heavy atom. The third kappa shape index (κ3) is 6.53. The van der Waals surface area contributed by atoms with E-state index in [0.717, 1.165) is 31.6 Å². The lowest BCUT2D eigenvalue weighted by Gasteiger charge is -2.34. The first-order valence-corrected chi connectivity index (χ1v) is 14.8. The molecule has 0 saturated carbocycles. The van der Waals surface area contributed by atoms with E-state index < -0.39 is 23.3 Å². The van der Waals surface area contributed by atoms with Crippen LogP contribution in [-0.4, -0.2) is 64.8 Å². The molecule has 2 heterocycles. The number of carbonyl (C=O) groups is 2. The number of hydrogen-bond donors (Lipinski definition) is 2. The molecule has 0 radical (unpaired) electrons. The number of likely N-dealkylation sites (tertiary alicyclic amines) is 1. The highest BCUT2D eigenvalue weighted by Gasteiger charge is 2.50. The monoisotopic (exact) mass is 588 g/mol. The number of nitrogens with one attached hydrogen (secondary N) is 1. The number of anilines is 1. The fourth-order valence-electron chi connectivity index (χ4n) is 6.01. The average molecular weight is 589 g/mol. The van der Waals surface area contributed by atoms with Crippen molar-refractivity contribution in [3.63, 3.8) is 0 Å². The van der Waals surface area contributed by atoms with Crippen LogP contribution in [0.25, 0.3) is 0 Å². The van der Waals surface area contributed by atoms with E-state index in [1.54, 1.807) is 6.92 Å². The minimum Gasteiger partial charge on any atom is -0.390 e. The van der Waals surface area contributed by atoms with Gasteiger partial charge in [-0.2, -0.15) is 0 Å². The number of aliphatic hydroxyl groups excluding tert-OH is 1. The lowest BCUT2D eigenvalue weighted by Crippen LogP contribution is -2.47. The van der Waals surface area contributed by atoms with E-state index in [0.29, 0.717) is 29.4 Å².